The topological polar surface area (TPSA) is 55.1 Å². The van der Waals surface area contributed by atoms with Crippen LogP contribution in [-0.4, -0.2) is 23.2 Å². The van der Waals surface area contributed by atoms with E-state index in [1.807, 2.05) is 37.3 Å². The van der Waals surface area contributed by atoms with Gasteiger partial charge in [0.2, 0.25) is 5.91 Å². The van der Waals surface area contributed by atoms with Crippen molar-refractivity contribution in [2.75, 3.05) is 5.75 Å². The molecule has 4 heteroatoms. The highest BCUT2D eigenvalue weighted by molar-refractivity contribution is 7.99. The summed E-state index contributed by atoms with van der Waals surface area (Å²) in [6.07, 6.45) is 2.30. The van der Waals surface area contributed by atoms with Crippen LogP contribution >= 0.6 is 11.8 Å². The Bertz CT molecular complexity index is 392. The number of hydrogen-bond acceptors (Lipinski definition) is 3. The predicted octanol–water partition coefficient (Wildman–Crippen LogP) is 1.77. The molecule has 0 heterocycles. The van der Waals surface area contributed by atoms with Crippen LogP contribution in [0.4, 0.5) is 0 Å². The molecule has 1 aromatic carbocycles. The first-order valence-corrected chi connectivity index (χ1v) is 6.84. The molecule has 0 aliphatic heterocycles. The molecule has 2 rings (SSSR count). The quantitative estimate of drug-likeness (QED) is 0.757. The molecular formula is C13H18N2OS. The summed E-state index contributed by atoms with van der Waals surface area (Å²) in [5.74, 6) is 0.399. The molecule has 1 aromatic rings. The summed E-state index contributed by atoms with van der Waals surface area (Å²) >= 11 is 1.66. The monoisotopic (exact) mass is 250 g/mol. The molecule has 0 radical (unpaired) electrons. The smallest absolute Gasteiger partial charge is 0.238 e. The van der Waals surface area contributed by atoms with E-state index < -0.39 is 5.54 Å². The molecule has 1 aliphatic carbocycles. The van der Waals surface area contributed by atoms with Gasteiger partial charge in [0.05, 0.1) is 0 Å². The Kier molecular flexibility index (Phi) is 3.74. The average molecular weight is 250 g/mol. The van der Waals surface area contributed by atoms with Gasteiger partial charge in [0.25, 0.3) is 0 Å². The van der Waals surface area contributed by atoms with Crippen LogP contribution in [0.2, 0.25) is 0 Å². The van der Waals surface area contributed by atoms with Crippen molar-refractivity contribution in [3.05, 3.63) is 30.3 Å². The lowest BCUT2D eigenvalue weighted by molar-refractivity contribution is -0.123. The van der Waals surface area contributed by atoms with Crippen LogP contribution in [0.3, 0.4) is 0 Å². The molecule has 0 saturated heterocycles. The van der Waals surface area contributed by atoms with Crippen LogP contribution in [0.15, 0.2) is 35.2 Å². The van der Waals surface area contributed by atoms with E-state index in [1.165, 1.54) is 0 Å². The van der Waals surface area contributed by atoms with Gasteiger partial charge in [-0.2, -0.15) is 0 Å². The zero-order valence-electron chi connectivity index (χ0n) is 9.98. The van der Waals surface area contributed by atoms with Crippen molar-refractivity contribution in [1.29, 1.82) is 0 Å². The largest absolute Gasteiger partial charge is 0.368 e. The first-order valence-electron chi connectivity index (χ1n) is 5.86. The van der Waals surface area contributed by atoms with Crippen LogP contribution in [0, 0.1) is 0 Å². The van der Waals surface area contributed by atoms with Gasteiger partial charge in [-0.1, -0.05) is 18.2 Å². The maximum Gasteiger partial charge on any atom is 0.238 e. The molecular weight excluding hydrogens is 232 g/mol. The lowest BCUT2D eigenvalue weighted by Crippen LogP contribution is -2.55. The fourth-order valence-corrected chi connectivity index (χ4v) is 2.64. The zero-order valence-corrected chi connectivity index (χ0v) is 10.8. The van der Waals surface area contributed by atoms with Crippen molar-refractivity contribution in [1.82, 2.24) is 5.32 Å². The number of amides is 1. The van der Waals surface area contributed by atoms with E-state index >= 15 is 0 Å². The molecule has 1 amide bonds. The molecule has 0 aromatic heterocycles. The highest BCUT2D eigenvalue weighted by Crippen LogP contribution is 2.27. The van der Waals surface area contributed by atoms with Gasteiger partial charge in [-0.05, 0) is 31.9 Å². The standard InChI is InChI=1S/C13H18N2OS/c1-13(12(14)16,15-10-7-8-10)9-17-11-5-3-2-4-6-11/h2-6,10,15H,7-9H2,1H3,(H2,14,16). The fourth-order valence-electron chi connectivity index (χ4n) is 1.61. The Morgan fingerprint density at radius 1 is 1.47 bits per heavy atom. The minimum absolute atomic E-state index is 0.271. The van der Waals surface area contributed by atoms with E-state index in [4.69, 9.17) is 5.73 Å². The number of benzene rings is 1. The third kappa shape index (κ3) is 3.48. The maximum atomic E-state index is 11.6. The van der Waals surface area contributed by atoms with Gasteiger partial charge in [0.15, 0.2) is 0 Å². The number of hydrogen-bond donors (Lipinski definition) is 2. The summed E-state index contributed by atoms with van der Waals surface area (Å²) in [7, 11) is 0. The molecule has 1 atom stereocenters. The van der Waals surface area contributed by atoms with Crippen molar-refractivity contribution < 1.29 is 4.79 Å². The normalized spacial score (nSPS) is 18.6. The predicted molar refractivity (Wildman–Crippen MR) is 70.9 cm³/mol. The first-order chi connectivity index (χ1) is 8.10. The minimum atomic E-state index is -0.609. The molecule has 3 N–H and O–H groups in total. The Labute approximate surface area is 106 Å². The number of rotatable bonds is 6. The van der Waals surface area contributed by atoms with Gasteiger partial charge in [0.1, 0.15) is 5.54 Å². The van der Waals surface area contributed by atoms with Crippen molar-refractivity contribution in [2.45, 2.75) is 36.2 Å². The van der Waals surface area contributed by atoms with E-state index in [-0.39, 0.29) is 5.91 Å². The van der Waals surface area contributed by atoms with E-state index in [1.54, 1.807) is 11.8 Å². The van der Waals surface area contributed by atoms with Crippen LogP contribution < -0.4 is 11.1 Å². The van der Waals surface area contributed by atoms with Crippen LogP contribution in [0.25, 0.3) is 0 Å². The van der Waals surface area contributed by atoms with Gasteiger partial charge in [-0.15, -0.1) is 11.8 Å². The fraction of sp³-hybridized carbons (Fsp3) is 0.462. The van der Waals surface area contributed by atoms with Gasteiger partial charge in [-0.25, -0.2) is 0 Å². The maximum absolute atomic E-state index is 11.6. The summed E-state index contributed by atoms with van der Waals surface area (Å²) in [5.41, 5.74) is 4.89. The average Bonchev–Trinajstić information content (AvgIpc) is 3.11. The van der Waals surface area contributed by atoms with Crippen LogP contribution in [-0.2, 0) is 4.79 Å². The molecule has 0 spiro atoms. The first kappa shape index (κ1) is 12.5. The Hall–Kier alpha value is -1.00. The second kappa shape index (κ2) is 5.10. The number of nitrogens with two attached hydrogens (primary N) is 1. The third-order valence-corrected chi connectivity index (χ3v) is 4.24. The van der Waals surface area contributed by atoms with E-state index in [2.05, 4.69) is 5.32 Å². The summed E-state index contributed by atoms with van der Waals surface area (Å²) in [6, 6.07) is 10.5. The van der Waals surface area contributed by atoms with Gasteiger partial charge in [-0.3, -0.25) is 4.79 Å². The number of nitrogens with one attached hydrogen (secondary N) is 1. The van der Waals surface area contributed by atoms with Crippen LogP contribution in [0.5, 0.6) is 0 Å². The lowest BCUT2D eigenvalue weighted by atomic mass is 10.1. The molecule has 0 bridgehead atoms. The Balaban J connectivity index is 1.95. The van der Waals surface area contributed by atoms with Gasteiger partial charge >= 0.3 is 0 Å². The second-order valence-corrected chi connectivity index (χ2v) is 5.77. The number of primary amides is 1. The minimum Gasteiger partial charge on any atom is -0.368 e. The summed E-state index contributed by atoms with van der Waals surface area (Å²) in [4.78, 5) is 12.7. The molecule has 1 fully saturated rings. The molecule has 1 unspecified atom stereocenters. The highest BCUT2D eigenvalue weighted by atomic mass is 32.2. The molecule has 1 saturated carbocycles. The van der Waals surface area contributed by atoms with Gasteiger partial charge < -0.3 is 11.1 Å². The molecule has 1 aliphatic rings. The summed E-state index contributed by atoms with van der Waals surface area (Å²) in [6.45, 7) is 1.89. The van der Waals surface area contributed by atoms with E-state index in [0.717, 1.165) is 17.7 Å². The molecule has 17 heavy (non-hydrogen) atoms. The molecule has 92 valence electrons. The summed E-state index contributed by atoms with van der Waals surface area (Å²) in [5, 5.41) is 3.34. The van der Waals surface area contributed by atoms with Crippen LogP contribution in [0.1, 0.15) is 19.8 Å². The number of carbonyl (C=O) groups excluding carboxylic acids is 1. The van der Waals surface area contributed by atoms with Gasteiger partial charge in [0, 0.05) is 16.7 Å². The van der Waals surface area contributed by atoms with Crippen molar-refractivity contribution in [3.63, 3.8) is 0 Å². The SMILES string of the molecule is CC(CSc1ccccc1)(NC1CC1)C(N)=O. The van der Waals surface area contributed by atoms with E-state index in [0.29, 0.717) is 11.8 Å². The number of carbonyl (C=O) groups is 1. The Morgan fingerprint density at radius 3 is 2.65 bits per heavy atom. The van der Waals surface area contributed by atoms with Crippen molar-refractivity contribution in [3.8, 4) is 0 Å². The lowest BCUT2D eigenvalue weighted by Gasteiger charge is -2.27. The second-order valence-electron chi connectivity index (χ2n) is 4.72. The highest BCUT2D eigenvalue weighted by Gasteiger charge is 2.36. The number of thioether (sulfide) groups is 1. The zero-order chi connectivity index (χ0) is 12.3. The Morgan fingerprint density at radius 2 is 2.12 bits per heavy atom. The van der Waals surface area contributed by atoms with Crippen molar-refractivity contribution >= 4 is 17.7 Å². The van der Waals surface area contributed by atoms with Crippen molar-refractivity contribution in [2.24, 2.45) is 5.73 Å². The molecule has 3 nitrogen and oxygen atoms in total. The summed E-state index contributed by atoms with van der Waals surface area (Å²) < 4.78 is 0. The van der Waals surface area contributed by atoms with E-state index in [9.17, 15) is 4.79 Å². The third-order valence-electron chi connectivity index (χ3n) is 2.91.